The first-order chi connectivity index (χ1) is 8.75. The molecule has 2 aliphatic rings. The summed E-state index contributed by atoms with van der Waals surface area (Å²) >= 11 is 3.59. The Labute approximate surface area is 127 Å². The van der Waals surface area contributed by atoms with E-state index in [4.69, 9.17) is 15.2 Å². The molecule has 1 atom stereocenters. The monoisotopic (exact) mass is 348 g/mol. The van der Waals surface area contributed by atoms with Gasteiger partial charge in [0, 0.05) is 10.5 Å². The molecule has 0 aliphatic carbocycles. The van der Waals surface area contributed by atoms with Gasteiger partial charge in [-0.3, -0.25) is 0 Å². The van der Waals surface area contributed by atoms with E-state index in [0.29, 0.717) is 12.7 Å². The summed E-state index contributed by atoms with van der Waals surface area (Å²) in [5.74, 6) is 2.13. The van der Waals surface area contributed by atoms with Crippen molar-refractivity contribution in [1.82, 2.24) is 5.32 Å². The number of hydrogen-bond donors (Lipinski definition) is 2. The quantitative estimate of drug-likeness (QED) is 0.862. The molecule has 19 heavy (non-hydrogen) atoms. The minimum atomic E-state index is 0. The van der Waals surface area contributed by atoms with Crippen molar-refractivity contribution in [2.75, 3.05) is 19.9 Å². The summed E-state index contributed by atoms with van der Waals surface area (Å²) in [5.41, 5.74) is 7.53. The van der Waals surface area contributed by atoms with Gasteiger partial charge in [-0.1, -0.05) is 15.9 Å². The molecule has 3 N–H and O–H groups in total. The highest BCUT2D eigenvalue weighted by Gasteiger charge is 2.26. The van der Waals surface area contributed by atoms with Crippen LogP contribution >= 0.6 is 28.3 Å². The summed E-state index contributed by atoms with van der Waals surface area (Å²) in [7, 11) is 0. The summed E-state index contributed by atoms with van der Waals surface area (Å²) in [6.07, 6.45) is 2.25. The Morgan fingerprint density at radius 2 is 1.84 bits per heavy atom. The second-order valence-corrected chi connectivity index (χ2v) is 5.69. The highest BCUT2D eigenvalue weighted by Crippen LogP contribution is 2.40. The van der Waals surface area contributed by atoms with Gasteiger partial charge in [-0.05, 0) is 49.5 Å². The van der Waals surface area contributed by atoms with Crippen molar-refractivity contribution in [3.63, 3.8) is 0 Å². The van der Waals surface area contributed by atoms with Crippen molar-refractivity contribution in [3.05, 3.63) is 22.2 Å². The molecular formula is C13H18BrClN2O2. The van der Waals surface area contributed by atoms with Crippen molar-refractivity contribution in [2.45, 2.75) is 18.9 Å². The topological polar surface area (TPSA) is 56.5 Å². The van der Waals surface area contributed by atoms with Gasteiger partial charge in [0.1, 0.15) is 0 Å². The molecule has 0 radical (unpaired) electrons. The van der Waals surface area contributed by atoms with Gasteiger partial charge in [0.15, 0.2) is 11.5 Å². The third-order valence-electron chi connectivity index (χ3n) is 3.74. The zero-order chi connectivity index (χ0) is 12.5. The largest absolute Gasteiger partial charge is 0.454 e. The van der Waals surface area contributed by atoms with E-state index in [2.05, 4.69) is 21.2 Å². The third kappa shape index (κ3) is 2.99. The Bertz CT molecular complexity index is 453. The fourth-order valence-electron chi connectivity index (χ4n) is 2.65. The van der Waals surface area contributed by atoms with Crippen LogP contribution in [0.3, 0.4) is 0 Å². The molecule has 2 aliphatic heterocycles. The molecule has 1 fully saturated rings. The van der Waals surface area contributed by atoms with Crippen molar-refractivity contribution in [1.29, 1.82) is 0 Å². The lowest BCUT2D eigenvalue weighted by Gasteiger charge is -2.29. The molecule has 2 heterocycles. The van der Waals surface area contributed by atoms with Gasteiger partial charge in [0.05, 0.1) is 0 Å². The Balaban J connectivity index is 0.00000133. The number of nitrogens with two attached hydrogens (primary N) is 1. The number of piperidine rings is 1. The van der Waals surface area contributed by atoms with Gasteiger partial charge in [-0.15, -0.1) is 12.4 Å². The first-order valence-electron chi connectivity index (χ1n) is 6.31. The van der Waals surface area contributed by atoms with Crippen molar-refractivity contribution >= 4 is 28.3 Å². The van der Waals surface area contributed by atoms with Crippen molar-refractivity contribution in [2.24, 2.45) is 11.7 Å². The molecule has 0 spiro atoms. The third-order valence-corrected chi connectivity index (χ3v) is 4.43. The molecule has 4 nitrogen and oxygen atoms in total. The molecule has 1 saturated heterocycles. The van der Waals surface area contributed by atoms with E-state index in [0.717, 1.165) is 47.5 Å². The zero-order valence-corrected chi connectivity index (χ0v) is 12.9. The van der Waals surface area contributed by atoms with Gasteiger partial charge < -0.3 is 20.5 Å². The second-order valence-electron chi connectivity index (χ2n) is 4.84. The van der Waals surface area contributed by atoms with E-state index in [9.17, 15) is 0 Å². The van der Waals surface area contributed by atoms with Gasteiger partial charge in [-0.25, -0.2) is 0 Å². The molecule has 0 amide bonds. The van der Waals surface area contributed by atoms with Gasteiger partial charge in [-0.2, -0.15) is 0 Å². The first-order valence-corrected chi connectivity index (χ1v) is 7.10. The summed E-state index contributed by atoms with van der Waals surface area (Å²) in [5, 5.41) is 3.37. The molecule has 0 unspecified atom stereocenters. The van der Waals surface area contributed by atoms with Crippen LogP contribution in [-0.2, 0) is 0 Å². The van der Waals surface area contributed by atoms with Crippen LogP contribution in [0.5, 0.6) is 11.5 Å². The summed E-state index contributed by atoms with van der Waals surface area (Å²) in [4.78, 5) is 0. The fraction of sp³-hybridized carbons (Fsp3) is 0.538. The molecule has 3 rings (SSSR count). The Morgan fingerprint density at radius 1 is 1.21 bits per heavy atom. The second kappa shape index (κ2) is 6.31. The summed E-state index contributed by atoms with van der Waals surface area (Å²) < 4.78 is 11.8. The predicted molar refractivity (Wildman–Crippen MR) is 80.0 cm³/mol. The van der Waals surface area contributed by atoms with Crippen LogP contribution in [0, 0.1) is 5.92 Å². The SMILES string of the molecule is Cl.N[C@@H](c1cc2c(cc1Br)OCO2)C1CCNCC1. The summed E-state index contributed by atoms with van der Waals surface area (Å²) in [6.45, 7) is 2.41. The summed E-state index contributed by atoms with van der Waals surface area (Å²) in [6, 6.07) is 4.02. The molecule has 0 saturated carbocycles. The zero-order valence-electron chi connectivity index (χ0n) is 10.5. The highest BCUT2D eigenvalue weighted by molar-refractivity contribution is 9.10. The number of halogens is 2. The van der Waals surface area contributed by atoms with Crippen LogP contribution < -0.4 is 20.5 Å². The van der Waals surface area contributed by atoms with Gasteiger partial charge in [0.2, 0.25) is 6.79 Å². The lowest BCUT2D eigenvalue weighted by Crippen LogP contribution is -2.33. The maximum absolute atomic E-state index is 6.41. The van der Waals surface area contributed by atoms with E-state index >= 15 is 0 Å². The molecule has 1 aromatic rings. The highest BCUT2D eigenvalue weighted by atomic mass is 79.9. The van der Waals surface area contributed by atoms with Gasteiger partial charge in [0.25, 0.3) is 0 Å². The lowest BCUT2D eigenvalue weighted by atomic mass is 9.86. The maximum Gasteiger partial charge on any atom is 0.231 e. The Hall–Kier alpha value is -0.490. The fourth-order valence-corrected chi connectivity index (χ4v) is 3.23. The molecular weight excluding hydrogens is 332 g/mol. The van der Waals surface area contributed by atoms with E-state index in [1.165, 1.54) is 0 Å². The minimum Gasteiger partial charge on any atom is -0.454 e. The lowest BCUT2D eigenvalue weighted by molar-refractivity contribution is 0.174. The van der Waals surface area contributed by atoms with Gasteiger partial charge >= 0.3 is 0 Å². The predicted octanol–water partition coefficient (Wildman–Crippen LogP) is 2.60. The molecule has 6 heteroatoms. The molecule has 0 aromatic heterocycles. The number of nitrogens with one attached hydrogen (secondary N) is 1. The van der Waals surface area contributed by atoms with Crippen molar-refractivity contribution in [3.8, 4) is 11.5 Å². The van der Waals surface area contributed by atoms with E-state index in [1.807, 2.05) is 12.1 Å². The number of fused-ring (bicyclic) bond motifs is 1. The van der Waals surface area contributed by atoms with Crippen LogP contribution in [0.25, 0.3) is 0 Å². The first kappa shape index (κ1) is 14.9. The average Bonchev–Trinajstić information content (AvgIpc) is 2.85. The maximum atomic E-state index is 6.41. The normalized spacial score (nSPS) is 19.9. The number of benzene rings is 1. The van der Waals surface area contributed by atoms with Crippen LogP contribution in [0.4, 0.5) is 0 Å². The van der Waals surface area contributed by atoms with Crippen LogP contribution in [0.2, 0.25) is 0 Å². The molecule has 106 valence electrons. The number of ether oxygens (including phenoxy) is 2. The standard InChI is InChI=1S/C13H17BrN2O2.ClH/c14-10-6-12-11(17-7-18-12)5-9(10)13(15)8-1-3-16-4-2-8;/h5-6,8,13,16H,1-4,7,15H2;1H/t13-;/m1./s1. The molecule has 1 aromatic carbocycles. The minimum absolute atomic E-state index is 0. The smallest absolute Gasteiger partial charge is 0.231 e. The molecule has 0 bridgehead atoms. The average molecular weight is 350 g/mol. The Morgan fingerprint density at radius 3 is 2.53 bits per heavy atom. The van der Waals surface area contributed by atoms with Crippen LogP contribution in [0.15, 0.2) is 16.6 Å². The number of rotatable bonds is 2. The van der Waals surface area contributed by atoms with E-state index in [1.54, 1.807) is 0 Å². The van der Waals surface area contributed by atoms with Crippen molar-refractivity contribution < 1.29 is 9.47 Å². The van der Waals surface area contributed by atoms with E-state index < -0.39 is 0 Å². The van der Waals surface area contributed by atoms with Crippen LogP contribution in [0.1, 0.15) is 24.4 Å². The Kier molecular flexibility index (Phi) is 4.95. The number of hydrogen-bond acceptors (Lipinski definition) is 4. The van der Waals surface area contributed by atoms with Crippen LogP contribution in [-0.4, -0.2) is 19.9 Å². The van der Waals surface area contributed by atoms with E-state index in [-0.39, 0.29) is 18.4 Å².